The molecule has 28 heavy (non-hydrogen) atoms. The van der Waals surface area contributed by atoms with E-state index in [0.717, 1.165) is 11.1 Å². The molecule has 0 N–H and O–H groups in total. The third kappa shape index (κ3) is 5.41. The van der Waals surface area contributed by atoms with Crippen LogP contribution in [0, 0.1) is 6.92 Å². The van der Waals surface area contributed by atoms with Gasteiger partial charge in [0.1, 0.15) is 0 Å². The van der Waals surface area contributed by atoms with Gasteiger partial charge in [0, 0.05) is 37.7 Å². The number of rotatable bonds is 5. The van der Waals surface area contributed by atoms with Crippen LogP contribution in [0.5, 0.6) is 0 Å². The second kappa shape index (κ2) is 8.99. The van der Waals surface area contributed by atoms with Crippen molar-refractivity contribution < 1.29 is 13.2 Å². The topological polar surface area (TPSA) is 57.7 Å². The summed E-state index contributed by atoms with van der Waals surface area (Å²) in [6.07, 6.45) is 4.93. The summed E-state index contributed by atoms with van der Waals surface area (Å²) in [7, 11) is -3.49. The molecule has 2 aromatic rings. The third-order valence-corrected chi connectivity index (χ3v) is 6.20. The van der Waals surface area contributed by atoms with Gasteiger partial charge in [-0.3, -0.25) is 4.79 Å². The highest BCUT2D eigenvalue weighted by Gasteiger charge is 2.26. The second-order valence-corrected chi connectivity index (χ2v) is 8.55. The van der Waals surface area contributed by atoms with Crippen molar-refractivity contribution in [2.45, 2.75) is 6.92 Å². The van der Waals surface area contributed by atoms with Gasteiger partial charge in [-0.2, -0.15) is 4.31 Å². The van der Waals surface area contributed by atoms with E-state index >= 15 is 0 Å². The van der Waals surface area contributed by atoms with Crippen LogP contribution < -0.4 is 0 Å². The summed E-state index contributed by atoms with van der Waals surface area (Å²) in [5, 5.41) is 1.23. The predicted molar refractivity (Wildman–Crippen MR) is 113 cm³/mol. The van der Waals surface area contributed by atoms with Gasteiger partial charge in [0.15, 0.2) is 0 Å². The fourth-order valence-corrected chi connectivity index (χ4v) is 4.10. The molecule has 1 aliphatic heterocycles. The van der Waals surface area contributed by atoms with E-state index in [-0.39, 0.29) is 5.91 Å². The number of carbonyl (C=O) groups excluding carboxylic acids is 1. The van der Waals surface area contributed by atoms with Crippen LogP contribution in [-0.2, 0) is 14.8 Å². The molecule has 0 unspecified atom stereocenters. The van der Waals surface area contributed by atoms with Crippen molar-refractivity contribution in [3.05, 3.63) is 82.8 Å². The highest BCUT2D eigenvalue weighted by molar-refractivity contribution is 7.92. The standard InChI is InChI=1S/C22H24N2O3S/c1-19-7-9-21(10-8-19)11-12-22(25)23-14-16-24(17-15-23)28(26,27)18-13-20-5-3-2-4-6-20/h2-13,18H,14-17H2,1H3/b12-11+,18-13+. The summed E-state index contributed by atoms with van der Waals surface area (Å²) in [4.78, 5) is 14.0. The van der Waals surface area contributed by atoms with Crippen LogP contribution in [0.1, 0.15) is 16.7 Å². The van der Waals surface area contributed by atoms with Crippen molar-refractivity contribution in [2.75, 3.05) is 26.2 Å². The van der Waals surface area contributed by atoms with Gasteiger partial charge in [-0.1, -0.05) is 60.2 Å². The molecule has 6 heteroatoms. The first-order chi connectivity index (χ1) is 13.4. The molecular weight excluding hydrogens is 372 g/mol. The Bertz CT molecular complexity index is 957. The molecule has 146 valence electrons. The molecule has 0 spiro atoms. The van der Waals surface area contributed by atoms with E-state index in [1.54, 1.807) is 23.1 Å². The minimum absolute atomic E-state index is 0.0996. The van der Waals surface area contributed by atoms with Crippen molar-refractivity contribution in [2.24, 2.45) is 0 Å². The first-order valence-corrected chi connectivity index (χ1v) is 10.7. The van der Waals surface area contributed by atoms with E-state index in [2.05, 4.69) is 0 Å². The van der Waals surface area contributed by atoms with E-state index < -0.39 is 10.0 Å². The highest BCUT2D eigenvalue weighted by Crippen LogP contribution is 2.12. The molecule has 5 nitrogen and oxygen atoms in total. The molecular formula is C22H24N2O3S. The Morgan fingerprint density at radius 1 is 0.857 bits per heavy atom. The fraction of sp³-hybridized carbons (Fsp3) is 0.227. The van der Waals surface area contributed by atoms with Gasteiger partial charge in [0.2, 0.25) is 15.9 Å². The van der Waals surface area contributed by atoms with Crippen LogP contribution in [0.4, 0.5) is 0 Å². The number of hydrogen-bond donors (Lipinski definition) is 0. The zero-order chi connectivity index (χ0) is 20.0. The molecule has 1 heterocycles. The fourth-order valence-electron chi connectivity index (χ4n) is 2.93. The van der Waals surface area contributed by atoms with Gasteiger partial charge in [-0.05, 0) is 30.2 Å². The maximum Gasteiger partial charge on any atom is 0.246 e. The molecule has 0 saturated carbocycles. The van der Waals surface area contributed by atoms with E-state index in [4.69, 9.17) is 0 Å². The number of nitrogens with zero attached hydrogens (tertiary/aromatic N) is 2. The molecule has 1 fully saturated rings. The summed E-state index contributed by atoms with van der Waals surface area (Å²) >= 11 is 0. The number of hydrogen-bond acceptors (Lipinski definition) is 3. The number of piperazine rings is 1. The highest BCUT2D eigenvalue weighted by atomic mass is 32.2. The first-order valence-electron chi connectivity index (χ1n) is 9.21. The summed E-state index contributed by atoms with van der Waals surface area (Å²) in [6.45, 7) is 3.38. The monoisotopic (exact) mass is 396 g/mol. The van der Waals surface area contributed by atoms with Crippen molar-refractivity contribution in [3.8, 4) is 0 Å². The molecule has 0 aromatic heterocycles. The normalized spacial score (nSPS) is 16.1. The van der Waals surface area contributed by atoms with Gasteiger partial charge >= 0.3 is 0 Å². The molecule has 0 aliphatic carbocycles. The lowest BCUT2D eigenvalue weighted by atomic mass is 10.1. The zero-order valence-corrected chi connectivity index (χ0v) is 16.7. The van der Waals surface area contributed by atoms with Crippen molar-refractivity contribution >= 4 is 28.1 Å². The molecule has 0 atom stereocenters. The van der Waals surface area contributed by atoms with Crippen molar-refractivity contribution in [3.63, 3.8) is 0 Å². The minimum Gasteiger partial charge on any atom is -0.337 e. The maximum atomic E-state index is 12.5. The SMILES string of the molecule is Cc1ccc(/C=C/C(=O)N2CCN(S(=O)(=O)/C=C/c3ccccc3)CC2)cc1. The van der Waals surface area contributed by atoms with E-state index in [9.17, 15) is 13.2 Å². The van der Waals surface area contributed by atoms with Gasteiger partial charge in [0.25, 0.3) is 0 Å². The number of aryl methyl sites for hydroxylation is 1. The lowest BCUT2D eigenvalue weighted by molar-refractivity contribution is -0.127. The zero-order valence-electron chi connectivity index (χ0n) is 15.9. The number of amides is 1. The molecule has 1 aliphatic rings. The molecule has 1 amide bonds. The maximum absolute atomic E-state index is 12.5. The largest absolute Gasteiger partial charge is 0.337 e. The Kier molecular flexibility index (Phi) is 6.44. The lowest BCUT2D eigenvalue weighted by Crippen LogP contribution is -2.49. The Balaban J connectivity index is 1.55. The summed E-state index contributed by atoms with van der Waals surface area (Å²) in [5.41, 5.74) is 2.97. The van der Waals surface area contributed by atoms with E-state index in [0.29, 0.717) is 26.2 Å². The minimum atomic E-state index is -3.49. The van der Waals surface area contributed by atoms with Gasteiger partial charge in [-0.25, -0.2) is 8.42 Å². The second-order valence-electron chi connectivity index (χ2n) is 6.73. The van der Waals surface area contributed by atoms with Crippen LogP contribution in [0.25, 0.3) is 12.2 Å². The molecule has 0 bridgehead atoms. The smallest absolute Gasteiger partial charge is 0.246 e. The van der Waals surface area contributed by atoms with Gasteiger partial charge in [-0.15, -0.1) is 0 Å². The van der Waals surface area contributed by atoms with Gasteiger partial charge in [0.05, 0.1) is 0 Å². The van der Waals surface area contributed by atoms with E-state index in [1.165, 1.54) is 15.3 Å². The summed E-state index contributed by atoms with van der Waals surface area (Å²) in [5.74, 6) is -0.0996. The quantitative estimate of drug-likeness (QED) is 0.730. The van der Waals surface area contributed by atoms with Crippen LogP contribution >= 0.6 is 0 Å². The van der Waals surface area contributed by atoms with E-state index in [1.807, 2.05) is 61.5 Å². The summed E-state index contributed by atoms with van der Waals surface area (Å²) < 4.78 is 26.4. The van der Waals surface area contributed by atoms with Crippen LogP contribution in [0.2, 0.25) is 0 Å². The molecule has 3 rings (SSSR count). The first kappa shape index (κ1) is 20.0. The van der Waals surface area contributed by atoms with Gasteiger partial charge < -0.3 is 4.90 Å². The Labute approximate surface area is 166 Å². The molecule has 2 aromatic carbocycles. The Morgan fingerprint density at radius 3 is 2.11 bits per heavy atom. The predicted octanol–water partition coefficient (Wildman–Crippen LogP) is 3.15. The average Bonchev–Trinajstić information content (AvgIpc) is 2.72. The average molecular weight is 397 g/mol. The Hall–Kier alpha value is -2.70. The molecule has 0 radical (unpaired) electrons. The lowest BCUT2D eigenvalue weighted by Gasteiger charge is -2.32. The Morgan fingerprint density at radius 2 is 1.46 bits per heavy atom. The van der Waals surface area contributed by atoms with Crippen LogP contribution in [-0.4, -0.2) is 49.7 Å². The van der Waals surface area contributed by atoms with Crippen LogP contribution in [0.15, 0.2) is 66.1 Å². The number of benzene rings is 2. The molecule has 1 saturated heterocycles. The summed E-state index contributed by atoms with van der Waals surface area (Å²) in [6, 6.07) is 17.2. The third-order valence-electron chi connectivity index (χ3n) is 4.64. The van der Waals surface area contributed by atoms with Crippen LogP contribution in [0.3, 0.4) is 0 Å². The van der Waals surface area contributed by atoms with Crippen molar-refractivity contribution in [1.82, 2.24) is 9.21 Å². The van der Waals surface area contributed by atoms with Crippen molar-refractivity contribution in [1.29, 1.82) is 0 Å². The number of sulfonamides is 1. The number of carbonyl (C=O) groups is 1.